The molecule has 1 aromatic carbocycles. The second-order valence-corrected chi connectivity index (χ2v) is 6.43. The quantitative estimate of drug-likeness (QED) is 0.780. The lowest BCUT2D eigenvalue weighted by molar-refractivity contribution is 0.300. The number of halogens is 1. The minimum absolute atomic E-state index is 0.197. The molecule has 0 amide bonds. The zero-order chi connectivity index (χ0) is 12.3. The fraction of sp³-hybridized carbons (Fsp3) is 0.538. The summed E-state index contributed by atoms with van der Waals surface area (Å²) in [5.41, 5.74) is 1.23. The van der Waals surface area contributed by atoms with E-state index < -0.39 is 0 Å². The number of hydrogen-bond acceptors (Lipinski definition) is 3. The second kappa shape index (κ2) is 6.10. The molecule has 4 heteroatoms. The van der Waals surface area contributed by atoms with Crippen LogP contribution in [-0.4, -0.2) is 23.0 Å². The van der Waals surface area contributed by atoms with E-state index >= 15 is 0 Å². The van der Waals surface area contributed by atoms with E-state index in [2.05, 4.69) is 5.32 Å². The zero-order valence-corrected chi connectivity index (χ0v) is 11.5. The van der Waals surface area contributed by atoms with E-state index in [1.807, 2.05) is 25.1 Å². The molecule has 1 atom stereocenters. The molecule has 0 bridgehead atoms. The van der Waals surface area contributed by atoms with Gasteiger partial charge in [0.05, 0.1) is 6.61 Å². The molecule has 1 aliphatic rings. The summed E-state index contributed by atoms with van der Waals surface area (Å²) >= 11 is 7.73. The lowest BCUT2D eigenvalue weighted by Gasteiger charge is -2.13. The van der Waals surface area contributed by atoms with E-state index in [-0.39, 0.29) is 11.9 Å². The van der Waals surface area contributed by atoms with Crippen LogP contribution < -0.4 is 5.32 Å². The van der Waals surface area contributed by atoms with Gasteiger partial charge >= 0.3 is 0 Å². The molecule has 0 heterocycles. The monoisotopic (exact) mass is 271 g/mol. The molecule has 2 nitrogen and oxygen atoms in total. The van der Waals surface area contributed by atoms with Gasteiger partial charge in [-0.25, -0.2) is 0 Å². The van der Waals surface area contributed by atoms with E-state index in [1.165, 1.54) is 23.3 Å². The van der Waals surface area contributed by atoms with Crippen molar-refractivity contribution in [3.05, 3.63) is 28.8 Å². The molecule has 2 rings (SSSR count). The second-order valence-electron chi connectivity index (χ2n) is 4.52. The van der Waals surface area contributed by atoms with Crippen molar-refractivity contribution in [2.45, 2.75) is 42.5 Å². The molecule has 0 aliphatic heterocycles. The van der Waals surface area contributed by atoms with Gasteiger partial charge in [-0.15, -0.1) is 11.8 Å². The van der Waals surface area contributed by atoms with Crippen molar-refractivity contribution in [2.75, 3.05) is 6.61 Å². The molecule has 0 saturated heterocycles. The van der Waals surface area contributed by atoms with Crippen LogP contribution in [0, 0.1) is 0 Å². The Bertz CT molecular complexity index is 382. The molecule has 0 spiro atoms. The summed E-state index contributed by atoms with van der Waals surface area (Å²) in [5, 5.41) is 13.6. The van der Waals surface area contributed by atoms with Gasteiger partial charge in [0.2, 0.25) is 0 Å². The van der Waals surface area contributed by atoms with Gasteiger partial charge in [-0.2, -0.15) is 0 Å². The maximum absolute atomic E-state index is 9.11. The molecule has 0 radical (unpaired) electrons. The molecule has 1 aromatic rings. The van der Waals surface area contributed by atoms with Gasteiger partial charge in [0.1, 0.15) is 0 Å². The van der Waals surface area contributed by atoms with E-state index in [1.54, 1.807) is 11.8 Å². The van der Waals surface area contributed by atoms with Crippen LogP contribution in [-0.2, 0) is 6.54 Å². The third kappa shape index (κ3) is 4.18. The van der Waals surface area contributed by atoms with Crippen molar-refractivity contribution in [2.24, 2.45) is 0 Å². The van der Waals surface area contributed by atoms with Crippen LogP contribution in [0.5, 0.6) is 0 Å². The maximum atomic E-state index is 9.11. The van der Waals surface area contributed by atoms with Crippen LogP contribution in [0.1, 0.15) is 25.3 Å². The first-order valence-electron chi connectivity index (χ1n) is 5.98. The Morgan fingerprint density at radius 3 is 2.94 bits per heavy atom. The van der Waals surface area contributed by atoms with Gasteiger partial charge < -0.3 is 10.4 Å². The van der Waals surface area contributed by atoms with Gasteiger partial charge in [0.25, 0.3) is 0 Å². The molecular formula is C13H18ClNOS. The zero-order valence-electron chi connectivity index (χ0n) is 9.95. The van der Waals surface area contributed by atoms with Crippen molar-refractivity contribution in [3.8, 4) is 0 Å². The fourth-order valence-electron chi connectivity index (χ4n) is 1.60. The molecule has 17 heavy (non-hydrogen) atoms. The Kier molecular flexibility index (Phi) is 4.74. The lowest BCUT2D eigenvalue weighted by Crippen LogP contribution is -2.16. The van der Waals surface area contributed by atoms with Crippen LogP contribution in [0.3, 0.4) is 0 Å². The number of rotatable bonds is 6. The summed E-state index contributed by atoms with van der Waals surface area (Å²) in [5.74, 6) is 0. The van der Waals surface area contributed by atoms with E-state index in [9.17, 15) is 0 Å². The average Bonchev–Trinajstić information content (AvgIpc) is 3.13. The van der Waals surface area contributed by atoms with E-state index in [4.69, 9.17) is 16.7 Å². The van der Waals surface area contributed by atoms with Crippen molar-refractivity contribution in [1.82, 2.24) is 5.32 Å². The van der Waals surface area contributed by atoms with Gasteiger partial charge in [0, 0.05) is 27.8 Å². The van der Waals surface area contributed by atoms with Crippen LogP contribution in [0.15, 0.2) is 23.1 Å². The summed E-state index contributed by atoms with van der Waals surface area (Å²) in [4.78, 5) is 1.21. The first kappa shape index (κ1) is 13.2. The molecule has 1 saturated carbocycles. The number of thioether (sulfide) groups is 1. The van der Waals surface area contributed by atoms with Crippen molar-refractivity contribution in [3.63, 3.8) is 0 Å². The Labute approximate surface area is 112 Å². The SMILES string of the molecule is CC(CO)Sc1ccc(Cl)cc1CNC1CC1. The first-order valence-corrected chi connectivity index (χ1v) is 7.24. The topological polar surface area (TPSA) is 32.3 Å². The van der Waals surface area contributed by atoms with Crippen molar-refractivity contribution in [1.29, 1.82) is 0 Å². The van der Waals surface area contributed by atoms with E-state index in [0.29, 0.717) is 6.04 Å². The highest BCUT2D eigenvalue weighted by atomic mass is 35.5. The van der Waals surface area contributed by atoms with Gasteiger partial charge in [-0.1, -0.05) is 18.5 Å². The molecule has 1 unspecified atom stereocenters. The molecule has 2 N–H and O–H groups in total. The summed E-state index contributed by atoms with van der Waals surface area (Å²) in [6.45, 7) is 3.09. The Balaban J connectivity index is 2.05. The normalized spacial score (nSPS) is 17.1. The predicted octanol–water partition coefficient (Wildman–Crippen LogP) is 3.06. The van der Waals surface area contributed by atoms with Crippen LogP contribution in [0.2, 0.25) is 5.02 Å². The number of nitrogens with one attached hydrogen (secondary N) is 1. The van der Waals surface area contributed by atoms with Gasteiger partial charge in [0.15, 0.2) is 0 Å². The summed E-state index contributed by atoms with van der Waals surface area (Å²) in [7, 11) is 0. The maximum Gasteiger partial charge on any atom is 0.0550 e. The Morgan fingerprint density at radius 2 is 2.29 bits per heavy atom. The summed E-state index contributed by atoms with van der Waals surface area (Å²) in [6, 6.07) is 6.67. The third-order valence-electron chi connectivity index (χ3n) is 2.77. The van der Waals surface area contributed by atoms with Crippen LogP contribution >= 0.6 is 23.4 Å². The van der Waals surface area contributed by atoms with Gasteiger partial charge in [-0.05, 0) is 36.6 Å². The third-order valence-corrected chi connectivity index (χ3v) is 4.21. The summed E-state index contributed by atoms with van der Waals surface area (Å²) in [6.07, 6.45) is 2.58. The number of benzene rings is 1. The number of hydrogen-bond donors (Lipinski definition) is 2. The summed E-state index contributed by atoms with van der Waals surface area (Å²) < 4.78 is 0. The number of aliphatic hydroxyl groups is 1. The lowest BCUT2D eigenvalue weighted by atomic mass is 10.2. The molecule has 1 fully saturated rings. The minimum atomic E-state index is 0.197. The Morgan fingerprint density at radius 1 is 1.53 bits per heavy atom. The Hall–Kier alpha value is -0.220. The highest BCUT2D eigenvalue weighted by molar-refractivity contribution is 8.00. The molecule has 0 aromatic heterocycles. The van der Waals surface area contributed by atoms with E-state index in [0.717, 1.165) is 11.6 Å². The molecule has 1 aliphatic carbocycles. The molecular weight excluding hydrogens is 254 g/mol. The number of aliphatic hydroxyl groups excluding tert-OH is 1. The molecule has 94 valence electrons. The van der Waals surface area contributed by atoms with Gasteiger partial charge in [-0.3, -0.25) is 0 Å². The average molecular weight is 272 g/mol. The smallest absolute Gasteiger partial charge is 0.0550 e. The standard InChI is InChI=1S/C13H18ClNOS/c1-9(8-16)17-13-5-2-11(14)6-10(13)7-15-12-3-4-12/h2,5-6,9,12,15-16H,3-4,7-8H2,1H3. The first-order chi connectivity index (χ1) is 8.19. The highest BCUT2D eigenvalue weighted by Gasteiger charge is 2.20. The van der Waals surface area contributed by atoms with Crippen molar-refractivity contribution >= 4 is 23.4 Å². The largest absolute Gasteiger partial charge is 0.395 e. The van der Waals surface area contributed by atoms with Crippen LogP contribution in [0.4, 0.5) is 0 Å². The van der Waals surface area contributed by atoms with Crippen LogP contribution in [0.25, 0.3) is 0 Å². The fourth-order valence-corrected chi connectivity index (χ4v) is 2.73. The minimum Gasteiger partial charge on any atom is -0.395 e. The van der Waals surface area contributed by atoms with Crippen molar-refractivity contribution < 1.29 is 5.11 Å². The highest BCUT2D eigenvalue weighted by Crippen LogP contribution is 2.29. The predicted molar refractivity (Wildman–Crippen MR) is 73.7 cm³/mol.